The van der Waals surface area contributed by atoms with Crippen LogP contribution >= 0.6 is 11.8 Å². The van der Waals surface area contributed by atoms with Gasteiger partial charge in [0.2, 0.25) is 5.91 Å². The maximum absolute atomic E-state index is 12.3. The van der Waals surface area contributed by atoms with Crippen LogP contribution in [0.5, 0.6) is 0 Å². The Bertz CT molecular complexity index is 980. The molecule has 1 amide bonds. The van der Waals surface area contributed by atoms with E-state index in [1.54, 1.807) is 0 Å². The normalized spacial score (nSPS) is 10.6. The fourth-order valence-corrected chi connectivity index (χ4v) is 3.65. The summed E-state index contributed by atoms with van der Waals surface area (Å²) in [6.07, 6.45) is 1.81. The van der Waals surface area contributed by atoms with Crippen molar-refractivity contribution in [3.63, 3.8) is 0 Å². The molecule has 0 radical (unpaired) electrons. The first kappa shape index (κ1) is 19.9. The van der Waals surface area contributed by atoms with Gasteiger partial charge in [0.25, 0.3) is 0 Å². The summed E-state index contributed by atoms with van der Waals surface area (Å²) in [5, 5.41) is 12.3. The Morgan fingerprint density at radius 1 is 1.18 bits per heavy atom. The lowest BCUT2D eigenvalue weighted by molar-refractivity contribution is -0.118. The molecular weight excluding hydrogens is 368 g/mol. The summed E-state index contributed by atoms with van der Waals surface area (Å²) in [5.41, 5.74) is 4.46. The highest BCUT2D eigenvalue weighted by molar-refractivity contribution is 7.99. The fraction of sp³-hybridized carbons (Fsp3) is 0.227. The Hall–Kier alpha value is -2.86. The molecule has 28 heavy (non-hydrogen) atoms. The second-order valence-electron chi connectivity index (χ2n) is 6.57. The van der Waals surface area contributed by atoms with Crippen LogP contribution < -0.4 is 5.32 Å². The molecule has 0 spiro atoms. The zero-order valence-corrected chi connectivity index (χ0v) is 17.0. The molecular formula is C22H24N4OS. The van der Waals surface area contributed by atoms with Crippen LogP contribution in [0.2, 0.25) is 0 Å². The molecule has 0 aliphatic heterocycles. The number of nitrogens with one attached hydrogen (secondary N) is 1. The van der Waals surface area contributed by atoms with Gasteiger partial charge in [0.15, 0.2) is 11.0 Å². The second kappa shape index (κ2) is 9.37. The summed E-state index contributed by atoms with van der Waals surface area (Å²) in [6, 6.07) is 16.2. The lowest BCUT2D eigenvalue weighted by atomic mass is 10.1. The predicted octanol–water partition coefficient (Wildman–Crippen LogP) is 4.16. The van der Waals surface area contributed by atoms with Crippen LogP contribution in [0.1, 0.15) is 16.7 Å². The van der Waals surface area contributed by atoms with Crippen LogP contribution in [-0.4, -0.2) is 26.4 Å². The third-order valence-corrected chi connectivity index (χ3v) is 5.34. The van der Waals surface area contributed by atoms with E-state index in [0.29, 0.717) is 18.2 Å². The molecule has 0 aliphatic rings. The van der Waals surface area contributed by atoms with E-state index in [0.717, 1.165) is 22.5 Å². The molecule has 6 heteroatoms. The van der Waals surface area contributed by atoms with Crippen LogP contribution in [0.3, 0.4) is 0 Å². The van der Waals surface area contributed by atoms with E-state index in [1.165, 1.54) is 17.3 Å². The lowest BCUT2D eigenvalue weighted by Gasteiger charge is -2.09. The van der Waals surface area contributed by atoms with E-state index < -0.39 is 0 Å². The van der Waals surface area contributed by atoms with Crippen molar-refractivity contribution in [3.05, 3.63) is 77.9 Å². The molecule has 3 aromatic rings. The van der Waals surface area contributed by atoms with E-state index in [9.17, 15) is 4.79 Å². The molecule has 0 saturated heterocycles. The molecule has 0 atom stereocenters. The van der Waals surface area contributed by atoms with Gasteiger partial charge in [-0.2, -0.15) is 0 Å². The van der Waals surface area contributed by atoms with Crippen molar-refractivity contribution >= 4 is 17.7 Å². The number of allylic oxidation sites excluding steroid dienone is 1. The first-order valence-electron chi connectivity index (χ1n) is 9.13. The zero-order chi connectivity index (χ0) is 19.9. The summed E-state index contributed by atoms with van der Waals surface area (Å²) in [4.78, 5) is 12.3. The van der Waals surface area contributed by atoms with Gasteiger partial charge >= 0.3 is 0 Å². The zero-order valence-electron chi connectivity index (χ0n) is 16.2. The quantitative estimate of drug-likeness (QED) is 0.462. The molecule has 0 saturated carbocycles. The third-order valence-electron chi connectivity index (χ3n) is 4.37. The van der Waals surface area contributed by atoms with Crippen molar-refractivity contribution in [2.75, 3.05) is 5.75 Å². The number of benzene rings is 2. The Kier molecular flexibility index (Phi) is 6.66. The van der Waals surface area contributed by atoms with Gasteiger partial charge < -0.3 is 5.32 Å². The van der Waals surface area contributed by atoms with Crippen molar-refractivity contribution in [1.29, 1.82) is 0 Å². The maximum atomic E-state index is 12.3. The molecule has 3 rings (SSSR count). The number of nitrogens with zero attached hydrogens (tertiary/aromatic N) is 3. The number of thioether (sulfide) groups is 1. The molecule has 0 bridgehead atoms. The fourth-order valence-electron chi connectivity index (χ4n) is 2.87. The average molecular weight is 393 g/mol. The average Bonchev–Trinajstić information content (AvgIpc) is 3.09. The summed E-state index contributed by atoms with van der Waals surface area (Å²) >= 11 is 1.38. The lowest BCUT2D eigenvalue weighted by Crippen LogP contribution is -2.25. The molecule has 5 nitrogen and oxygen atoms in total. The van der Waals surface area contributed by atoms with Crippen molar-refractivity contribution in [2.24, 2.45) is 0 Å². The summed E-state index contributed by atoms with van der Waals surface area (Å²) in [6.45, 7) is 9.04. The highest BCUT2D eigenvalue weighted by Crippen LogP contribution is 2.24. The molecule has 0 aliphatic carbocycles. The van der Waals surface area contributed by atoms with Gasteiger partial charge in [0.1, 0.15) is 0 Å². The molecule has 0 unspecified atom stereocenters. The minimum atomic E-state index is -0.0292. The standard InChI is InChI=1S/C22H24N4OS/c1-4-12-26-21(18-11-7-8-16(2)13-18)24-25-22(26)28-15-20(27)23-14-19-10-6-5-9-17(19)3/h4-11,13H,1,12,14-15H2,2-3H3,(H,23,27). The van der Waals surface area contributed by atoms with Crippen molar-refractivity contribution in [3.8, 4) is 11.4 Å². The van der Waals surface area contributed by atoms with Crippen molar-refractivity contribution in [2.45, 2.75) is 32.1 Å². The van der Waals surface area contributed by atoms with Gasteiger partial charge in [-0.15, -0.1) is 16.8 Å². The molecule has 2 aromatic carbocycles. The Morgan fingerprint density at radius 3 is 2.75 bits per heavy atom. The van der Waals surface area contributed by atoms with Crippen molar-refractivity contribution in [1.82, 2.24) is 20.1 Å². The monoisotopic (exact) mass is 392 g/mol. The maximum Gasteiger partial charge on any atom is 0.230 e. The van der Waals surface area contributed by atoms with E-state index in [-0.39, 0.29) is 11.7 Å². The van der Waals surface area contributed by atoms with E-state index >= 15 is 0 Å². The third kappa shape index (κ3) is 4.89. The highest BCUT2D eigenvalue weighted by atomic mass is 32.2. The Morgan fingerprint density at radius 2 is 2.00 bits per heavy atom. The smallest absolute Gasteiger partial charge is 0.230 e. The number of aromatic nitrogens is 3. The molecule has 1 N–H and O–H groups in total. The van der Waals surface area contributed by atoms with Crippen molar-refractivity contribution < 1.29 is 4.79 Å². The molecule has 144 valence electrons. The van der Waals surface area contributed by atoms with E-state index in [4.69, 9.17) is 0 Å². The number of amides is 1. The van der Waals surface area contributed by atoms with Crippen LogP contribution in [0.4, 0.5) is 0 Å². The van der Waals surface area contributed by atoms with Gasteiger partial charge in [-0.05, 0) is 31.0 Å². The van der Waals surface area contributed by atoms with Gasteiger partial charge in [-0.1, -0.05) is 65.9 Å². The molecule has 1 heterocycles. The molecule has 0 fully saturated rings. The minimum absolute atomic E-state index is 0.0292. The molecule has 1 aromatic heterocycles. The summed E-state index contributed by atoms with van der Waals surface area (Å²) in [5.74, 6) is 1.04. The van der Waals surface area contributed by atoms with Crippen LogP contribution in [0.15, 0.2) is 66.3 Å². The van der Waals surface area contributed by atoms with Gasteiger partial charge in [-0.3, -0.25) is 9.36 Å². The van der Waals surface area contributed by atoms with Crippen LogP contribution in [-0.2, 0) is 17.9 Å². The SMILES string of the molecule is C=CCn1c(SCC(=O)NCc2ccccc2C)nnc1-c1cccc(C)c1. The number of hydrogen-bond acceptors (Lipinski definition) is 4. The topological polar surface area (TPSA) is 59.8 Å². The second-order valence-corrected chi connectivity index (χ2v) is 7.51. The first-order valence-corrected chi connectivity index (χ1v) is 10.1. The van der Waals surface area contributed by atoms with E-state index in [2.05, 4.69) is 28.2 Å². The Balaban J connectivity index is 1.66. The van der Waals surface area contributed by atoms with Crippen LogP contribution in [0, 0.1) is 13.8 Å². The number of aryl methyl sites for hydroxylation is 2. The van der Waals surface area contributed by atoms with Crippen LogP contribution in [0.25, 0.3) is 11.4 Å². The van der Waals surface area contributed by atoms with E-state index in [1.807, 2.05) is 67.0 Å². The predicted molar refractivity (Wildman–Crippen MR) is 114 cm³/mol. The number of carbonyl (C=O) groups excluding carboxylic acids is 1. The first-order chi connectivity index (χ1) is 13.6. The van der Waals surface area contributed by atoms with Gasteiger partial charge in [0, 0.05) is 18.7 Å². The largest absolute Gasteiger partial charge is 0.351 e. The minimum Gasteiger partial charge on any atom is -0.351 e. The number of rotatable bonds is 8. The summed E-state index contributed by atoms with van der Waals surface area (Å²) < 4.78 is 1.99. The Labute approximate surface area is 169 Å². The van der Waals surface area contributed by atoms with Gasteiger partial charge in [0.05, 0.1) is 5.75 Å². The highest BCUT2D eigenvalue weighted by Gasteiger charge is 2.15. The number of carbonyl (C=O) groups is 1. The summed E-state index contributed by atoms with van der Waals surface area (Å²) in [7, 11) is 0. The number of hydrogen-bond donors (Lipinski definition) is 1. The van der Waals surface area contributed by atoms with Gasteiger partial charge in [-0.25, -0.2) is 0 Å².